The first-order chi connectivity index (χ1) is 9.56. The normalized spacial score (nSPS) is 42.6. The fourth-order valence-corrected chi connectivity index (χ4v) is 4.57. The Morgan fingerprint density at radius 2 is 1.65 bits per heavy atom. The van der Waals surface area contributed by atoms with Crippen LogP contribution in [0.3, 0.4) is 0 Å². The van der Waals surface area contributed by atoms with Gasteiger partial charge in [0.05, 0.1) is 0 Å². The summed E-state index contributed by atoms with van der Waals surface area (Å²) < 4.78 is 0. The Labute approximate surface area is 125 Å². The van der Waals surface area contributed by atoms with Crippen molar-refractivity contribution in [1.82, 2.24) is 15.1 Å². The number of piperidine rings is 3. The van der Waals surface area contributed by atoms with Crippen molar-refractivity contribution in [3.8, 4) is 0 Å². The molecule has 0 aromatic rings. The summed E-state index contributed by atoms with van der Waals surface area (Å²) in [6, 6.07) is 2.24. The fraction of sp³-hybridized carbons (Fsp3) is 1.00. The molecule has 4 heterocycles. The quantitative estimate of drug-likeness (QED) is 0.853. The molecule has 4 aliphatic heterocycles. The van der Waals surface area contributed by atoms with Crippen LogP contribution in [-0.4, -0.2) is 60.6 Å². The van der Waals surface area contributed by atoms with Crippen molar-refractivity contribution in [2.75, 3.05) is 32.7 Å². The molecule has 2 bridgehead atoms. The van der Waals surface area contributed by atoms with E-state index in [2.05, 4.69) is 42.8 Å². The van der Waals surface area contributed by atoms with E-state index in [1.54, 1.807) is 0 Å². The summed E-state index contributed by atoms with van der Waals surface area (Å²) in [5.41, 5.74) is 0. The van der Waals surface area contributed by atoms with Crippen molar-refractivity contribution in [1.29, 1.82) is 0 Å². The van der Waals surface area contributed by atoms with Gasteiger partial charge in [-0.1, -0.05) is 27.7 Å². The van der Waals surface area contributed by atoms with Gasteiger partial charge in [-0.05, 0) is 43.7 Å². The Morgan fingerprint density at radius 1 is 0.950 bits per heavy atom. The highest BCUT2D eigenvalue weighted by atomic mass is 15.3. The van der Waals surface area contributed by atoms with Gasteiger partial charge in [0.1, 0.15) is 0 Å². The molecule has 3 atom stereocenters. The molecule has 0 aromatic heterocycles. The van der Waals surface area contributed by atoms with E-state index in [1.165, 1.54) is 45.6 Å². The first-order valence-corrected chi connectivity index (χ1v) is 8.77. The average Bonchev–Trinajstić information content (AvgIpc) is 2.47. The van der Waals surface area contributed by atoms with E-state index in [-0.39, 0.29) is 0 Å². The van der Waals surface area contributed by atoms with Crippen molar-refractivity contribution in [2.45, 2.75) is 58.7 Å². The van der Waals surface area contributed by atoms with E-state index in [0.29, 0.717) is 6.04 Å². The molecule has 0 aromatic carbocycles. The highest BCUT2D eigenvalue weighted by Crippen LogP contribution is 2.34. The van der Waals surface area contributed by atoms with Crippen molar-refractivity contribution in [2.24, 2.45) is 17.8 Å². The topological polar surface area (TPSA) is 18.5 Å². The third kappa shape index (κ3) is 2.77. The van der Waals surface area contributed by atoms with Gasteiger partial charge in [0, 0.05) is 37.8 Å². The highest BCUT2D eigenvalue weighted by Gasteiger charge is 2.42. The summed E-state index contributed by atoms with van der Waals surface area (Å²) in [4.78, 5) is 5.61. The summed E-state index contributed by atoms with van der Waals surface area (Å²) in [5.74, 6) is 2.46. The molecule has 4 rings (SSSR count). The fourth-order valence-electron chi connectivity index (χ4n) is 4.57. The summed E-state index contributed by atoms with van der Waals surface area (Å²) in [7, 11) is 0. The molecule has 3 nitrogen and oxygen atoms in total. The molecule has 0 radical (unpaired) electrons. The number of hydrogen-bond acceptors (Lipinski definition) is 3. The molecule has 4 saturated heterocycles. The van der Waals surface area contributed by atoms with E-state index in [1.807, 2.05) is 0 Å². The smallest absolute Gasteiger partial charge is 0.0256 e. The van der Waals surface area contributed by atoms with Crippen LogP contribution in [0.5, 0.6) is 0 Å². The van der Waals surface area contributed by atoms with Crippen LogP contribution in [0.15, 0.2) is 0 Å². The summed E-state index contributed by atoms with van der Waals surface area (Å²) in [6.07, 6.45) is 2.87. The van der Waals surface area contributed by atoms with Gasteiger partial charge >= 0.3 is 0 Å². The van der Waals surface area contributed by atoms with Gasteiger partial charge in [0.25, 0.3) is 0 Å². The van der Waals surface area contributed by atoms with Crippen LogP contribution in [0.4, 0.5) is 0 Å². The minimum Gasteiger partial charge on any atom is -0.311 e. The molecule has 0 spiro atoms. The molecule has 20 heavy (non-hydrogen) atoms. The maximum atomic E-state index is 3.81. The van der Waals surface area contributed by atoms with Crippen molar-refractivity contribution >= 4 is 0 Å². The van der Waals surface area contributed by atoms with E-state index in [9.17, 15) is 0 Å². The first kappa shape index (κ1) is 14.8. The third-order valence-electron chi connectivity index (χ3n) is 6.04. The maximum Gasteiger partial charge on any atom is 0.0256 e. The predicted molar refractivity (Wildman–Crippen MR) is 84.9 cm³/mol. The molecule has 3 heteroatoms. The Morgan fingerprint density at radius 3 is 2.15 bits per heavy atom. The summed E-state index contributed by atoms with van der Waals surface area (Å²) in [5, 5.41) is 3.81. The molecule has 0 amide bonds. The van der Waals surface area contributed by atoms with Crippen LogP contribution >= 0.6 is 0 Å². The lowest BCUT2D eigenvalue weighted by atomic mass is 9.80. The second-order valence-corrected chi connectivity index (χ2v) is 7.97. The molecular weight excluding hydrogens is 246 g/mol. The maximum absolute atomic E-state index is 3.81. The average molecular weight is 279 g/mol. The lowest BCUT2D eigenvalue weighted by Gasteiger charge is -2.54. The molecule has 1 N–H and O–H groups in total. The SMILES string of the molecule is CC(C)C1CN(C2CN3CCC2CC3)C(C(C)C)CN1. The van der Waals surface area contributed by atoms with Crippen molar-refractivity contribution in [3.63, 3.8) is 0 Å². The summed E-state index contributed by atoms with van der Waals surface area (Å²) >= 11 is 0. The minimum atomic E-state index is 0.681. The number of piperazine rings is 1. The van der Waals surface area contributed by atoms with Gasteiger partial charge in [-0.3, -0.25) is 4.90 Å². The van der Waals surface area contributed by atoms with Crippen LogP contribution in [0, 0.1) is 17.8 Å². The third-order valence-corrected chi connectivity index (χ3v) is 6.04. The zero-order valence-electron chi connectivity index (χ0n) is 13.8. The second-order valence-electron chi connectivity index (χ2n) is 7.97. The Hall–Kier alpha value is -0.120. The van der Waals surface area contributed by atoms with Gasteiger partial charge in [0.15, 0.2) is 0 Å². The van der Waals surface area contributed by atoms with Crippen LogP contribution in [0.1, 0.15) is 40.5 Å². The van der Waals surface area contributed by atoms with Crippen LogP contribution < -0.4 is 5.32 Å². The monoisotopic (exact) mass is 279 g/mol. The molecule has 0 saturated carbocycles. The number of rotatable bonds is 3. The van der Waals surface area contributed by atoms with Crippen molar-refractivity contribution in [3.05, 3.63) is 0 Å². The zero-order valence-corrected chi connectivity index (χ0v) is 13.8. The Kier molecular flexibility index (Phi) is 4.40. The molecule has 0 aliphatic carbocycles. The molecular formula is C17H33N3. The highest BCUT2D eigenvalue weighted by molar-refractivity contribution is 4.99. The van der Waals surface area contributed by atoms with Gasteiger partial charge in [0.2, 0.25) is 0 Å². The van der Waals surface area contributed by atoms with E-state index in [0.717, 1.165) is 29.8 Å². The van der Waals surface area contributed by atoms with Gasteiger partial charge in [-0.25, -0.2) is 0 Å². The molecule has 4 fully saturated rings. The number of nitrogens with zero attached hydrogens (tertiary/aromatic N) is 2. The lowest BCUT2D eigenvalue weighted by molar-refractivity contribution is -0.0439. The lowest BCUT2D eigenvalue weighted by Crippen LogP contribution is -2.67. The van der Waals surface area contributed by atoms with Crippen LogP contribution in [0.25, 0.3) is 0 Å². The summed E-state index contributed by atoms with van der Waals surface area (Å²) in [6.45, 7) is 16.0. The second kappa shape index (κ2) is 5.94. The zero-order chi connectivity index (χ0) is 14.3. The van der Waals surface area contributed by atoms with E-state index in [4.69, 9.17) is 0 Å². The number of fused-ring (bicyclic) bond motifs is 3. The van der Waals surface area contributed by atoms with Crippen LogP contribution in [0.2, 0.25) is 0 Å². The first-order valence-electron chi connectivity index (χ1n) is 8.77. The Bertz CT molecular complexity index is 320. The number of hydrogen-bond donors (Lipinski definition) is 1. The van der Waals surface area contributed by atoms with Gasteiger partial charge in [-0.15, -0.1) is 0 Å². The molecule has 4 aliphatic rings. The standard InChI is InChI=1S/C17H33N3/c1-12(2)15-10-20(16(9-18-15)13(3)4)17-11-19-7-5-14(17)6-8-19/h12-18H,5-11H2,1-4H3. The molecule has 3 unspecified atom stereocenters. The van der Waals surface area contributed by atoms with Gasteiger partial charge in [-0.2, -0.15) is 0 Å². The van der Waals surface area contributed by atoms with Crippen molar-refractivity contribution < 1.29 is 0 Å². The largest absolute Gasteiger partial charge is 0.311 e. The Balaban J connectivity index is 1.75. The minimum absolute atomic E-state index is 0.681. The molecule has 116 valence electrons. The van der Waals surface area contributed by atoms with Crippen LogP contribution in [-0.2, 0) is 0 Å². The number of nitrogens with one attached hydrogen (secondary N) is 1. The van der Waals surface area contributed by atoms with Gasteiger partial charge < -0.3 is 10.2 Å². The van der Waals surface area contributed by atoms with E-state index < -0.39 is 0 Å². The predicted octanol–water partition coefficient (Wildman–Crippen LogP) is 2.03. The van der Waals surface area contributed by atoms with E-state index >= 15 is 0 Å².